The van der Waals surface area contributed by atoms with Crippen LogP contribution >= 0.6 is 0 Å². The van der Waals surface area contributed by atoms with E-state index in [0.29, 0.717) is 0 Å². The second kappa shape index (κ2) is 6.05. The first kappa shape index (κ1) is 11.7. The lowest BCUT2D eigenvalue weighted by Gasteiger charge is -2.03. The van der Waals surface area contributed by atoms with E-state index < -0.39 is 0 Å². The molecular formula is C17H18. The Kier molecular flexibility index (Phi) is 4.15. The van der Waals surface area contributed by atoms with Crippen molar-refractivity contribution in [2.75, 3.05) is 0 Å². The predicted molar refractivity (Wildman–Crippen MR) is 75.0 cm³/mol. The summed E-state index contributed by atoms with van der Waals surface area (Å²) in [5.41, 5.74) is 3.98. The molecule has 0 spiro atoms. The molecule has 2 aromatic carbocycles. The zero-order valence-electron chi connectivity index (χ0n) is 10.3. The van der Waals surface area contributed by atoms with Gasteiger partial charge in [0.1, 0.15) is 0 Å². The van der Waals surface area contributed by atoms with Crippen LogP contribution in [0.15, 0.2) is 66.7 Å². The SMILES string of the molecule is C/C=C/CCc1ccc(-c2ccccc2)cc1. The van der Waals surface area contributed by atoms with Crippen molar-refractivity contribution >= 4 is 0 Å². The van der Waals surface area contributed by atoms with Crippen LogP contribution in [0.3, 0.4) is 0 Å². The Labute approximate surface area is 104 Å². The molecule has 0 nitrogen and oxygen atoms in total. The van der Waals surface area contributed by atoms with E-state index in [1.54, 1.807) is 0 Å². The monoisotopic (exact) mass is 222 g/mol. The van der Waals surface area contributed by atoms with Crippen LogP contribution in [-0.4, -0.2) is 0 Å². The molecule has 0 heteroatoms. The number of hydrogen-bond acceptors (Lipinski definition) is 0. The first-order valence-electron chi connectivity index (χ1n) is 6.15. The van der Waals surface area contributed by atoms with Crippen LogP contribution in [0.25, 0.3) is 11.1 Å². The quantitative estimate of drug-likeness (QED) is 0.648. The minimum absolute atomic E-state index is 1.12. The summed E-state index contributed by atoms with van der Waals surface area (Å²) in [4.78, 5) is 0. The molecule has 0 aliphatic heterocycles. The largest absolute Gasteiger partial charge is 0.0917 e. The minimum Gasteiger partial charge on any atom is -0.0917 e. The number of rotatable bonds is 4. The predicted octanol–water partition coefficient (Wildman–Crippen LogP) is 4.86. The lowest BCUT2D eigenvalue weighted by Crippen LogP contribution is -1.84. The van der Waals surface area contributed by atoms with Gasteiger partial charge >= 0.3 is 0 Å². The van der Waals surface area contributed by atoms with Gasteiger partial charge in [-0.3, -0.25) is 0 Å². The zero-order valence-corrected chi connectivity index (χ0v) is 10.3. The van der Waals surface area contributed by atoms with Crippen LogP contribution in [0.1, 0.15) is 18.9 Å². The third kappa shape index (κ3) is 3.32. The summed E-state index contributed by atoms with van der Waals surface area (Å²) in [6, 6.07) is 19.4. The van der Waals surface area contributed by atoms with Crippen LogP contribution in [0.4, 0.5) is 0 Å². The van der Waals surface area contributed by atoms with Crippen LogP contribution in [0, 0.1) is 0 Å². The third-order valence-corrected chi connectivity index (χ3v) is 2.90. The van der Waals surface area contributed by atoms with Crippen molar-refractivity contribution in [3.63, 3.8) is 0 Å². The fourth-order valence-electron chi connectivity index (χ4n) is 1.91. The van der Waals surface area contributed by atoms with Gasteiger partial charge in [-0.15, -0.1) is 0 Å². The van der Waals surface area contributed by atoms with E-state index in [4.69, 9.17) is 0 Å². The van der Waals surface area contributed by atoms with Crippen LogP contribution in [0.2, 0.25) is 0 Å². The first-order valence-corrected chi connectivity index (χ1v) is 6.15. The first-order chi connectivity index (χ1) is 8.40. The molecule has 0 aromatic heterocycles. The summed E-state index contributed by atoms with van der Waals surface area (Å²) >= 11 is 0. The van der Waals surface area contributed by atoms with Crippen LogP contribution in [0.5, 0.6) is 0 Å². The maximum Gasteiger partial charge on any atom is -0.0184 e. The summed E-state index contributed by atoms with van der Waals surface area (Å²) in [6.45, 7) is 2.07. The van der Waals surface area contributed by atoms with Gasteiger partial charge in [0.2, 0.25) is 0 Å². The topological polar surface area (TPSA) is 0 Å². The van der Waals surface area contributed by atoms with Gasteiger partial charge in [-0.05, 0) is 36.5 Å². The van der Waals surface area contributed by atoms with Gasteiger partial charge in [0.05, 0.1) is 0 Å². The minimum atomic E-state index is 1.12. The molecule has 17 heavy (non-hydrogen) atoms. The molecule has 0 amide bonds. The Balaban J connectivity index is 2.08. The maximum absolute atomic E-state index is 2.23. The molecule has 86 valence electrons. The lowest BCUT2D eigenvalue weighted by molar-refractivity contribution is 1.000. The van der Waals surface area contributed by atoms with Crippen LogP contribution in [-0.2, 0) is 6.42 Å². The van der Waals surface area contributed by atoms with Gasteiger partial charge in [0, 0.05) is 0 Å². The average molecular weight is 222 g/mol. The van der Waals surface area contributed by atoms with Gasteiger partial charge in [-0.2, -0.15) is 0 Å². The van der Waals surface area contributed by atoms with Crippen molar-refractivity contribution in [3.8, 4) is 11.1 Å². The molecule has 0 fully saturated rings. The second-order valence-electron chi connectivity index (χ2n) is 4.17. The van der Waals surface area contributed by atoms with Gasteiger partial charge in [0.25, 0.3) is 0 Å². The summed E-state index contributed by atoms with van der Waals surface area (Å²) in [6.07, 6.45) is 6.57. The zero-order chi connectivity index (χ0) is 11.9. The van der Waals surface area contributed by atoms with Gasteiger partial charge in [0.15, 0.2) is 0 Å². The number of benzene rings is 2. The Bertz CT molecular complexity index is 463. The second-order valence-corrected chi connectivity index (χ2v) is 4.17. The Morgan fingerprint density at radius 1 is 0.824 bits per heavy atom. The van der Waals surface area contributed by atoms with Gasteiger partial charge < -0.3 is 0 Å². The molecule has 0 saturated heterocycles. The highest BCUT2D eigenvalue weighted by atomic mass is 14.0. The molecule has 0 radical (unpaired) electrons. The van der Waals surface area contributed by atoms with Gasteiger partial charge in [-0.1, -0.05) is 66.7 Å². The van der Waals surface area contributed by atoms with Gasteiger partial charge in [-0.25, -0.2) is 0 Å². The third-order valence-electron chi connectivity index (χ3n) is 2.90. The highest BCUT2D eigenvalue weighted by Crippen LogP contribution is 2.19. The smallest absolute Gasteiger partial charge is 0.0184 e. The van der Waals surface area contributed by atoms with Crippen molar-refractivity contribution < 1.29 is 0 Å². The van der Waals surface area contributed by atoms with E-state index in [1.807, 2.05) is 0 Å². The van der Waals surface area contributed by atoms with Crippen molar-refractivity contribution in [1.29, 1.82) is 0 Å². The van der Waals surface area contributed by atoms with E-state index >= 15 is 0 Å². The van der Waals surface area contributed by atoms with E-state index in [0.717, 1.165) is 12.8 Å². The van der Waals surface area contributed by atoms with Crippen molar-refractivity contribution in [1.82, 2.24) is 0 Å². The maximum atomic E-state index is 2.23. The van der Waals surface area contributed by atoms with Crippen molar-refractivity contribution in [2.45, 2.75) is 19.8 Å². The summed E-state index contributed by atoms with van der Waals surface area (Å²) in [5.74, 6) is 0. The number of allylic oxidation sites excluding steroid dienone is 2. The van der Waals surface area contributed by atoms with E-state index in [9.17, 15) is 0 Å². The number of aryl methyl sites for hydroxylation is 1. The fourth-order valence-corrected chi connectivity index (χ4v) is 1.91. The normalized spacial score (nSPS) is 10.9. The molecule has 2 aromatic rings. The highest BCUT2D eigenvalue weighted by molar-refractivity contribution is 5.63. The lowest BCUT2D eigenvalue weighted by atomic mass is 10.0. The molecule has 0 unspecified atom stereocenters. The van der Waals surface area contributed by atoms with Crippen molar-refractivity contribution in [3.05, 3.63) is 72.3 Å². The molecule has 0 N–H and O–H groups in total. The Morgan fingerprint density at radius 3 is 2.12 bits per heavy atom. The summed E-state index contributed by atoms with van der Waals surface area (Å²) in [5, 5.41) is 0. The standard InChI is InChI=1S/C17H18/c1-2-3-5-8-15-11-13-17(14-12-15)16-9-6-4-7-10-16/h2-4,6-7,9-14H,5,8H2,1H3/b3-2+. The average Bonchev–Trinajstić information content (AvgIpc) is 2.41. The van der Waals surface area contributed by atoms with E-state index in [-0.39, 0.29) is 0 Å². The molecule has 0 aliphatic rings. The molecule has 0 aliphatic carbocycles. The van der Waals surface area contributed by atoms with E-state index in [1.165, 1.54) is 16.7 Å². The fraction of sp³-hybridized carbons (Fsp3) is 0.176. The molecule has 0 saturated carbocycles. The molecule has 2 rings (SSSR count). The van der Waals surface area contributed by atoms with Crippen LogP contribution < -0.4 is 0 Å². The van der Waals surface area contributed by atoms with E-state index in [2.05, 4.69) is 73.7 Å². The highest BCUT2D eigenvalue weighted by Gasteiger charge is 1.96. The molecule has 0 atom stereocenters. The molecular weight excluding hydrogens is 204 g/mol. The Hall–Kier alpha value is -1.82. The number of hydrogen-bond donors (Lipinski definition) is 0. The summed E-state index contributed by atoms with van der Waals surface area (Å²) < 4.78 is 0. The van der Waals surface area contributed by atoms with Crippen molar-refractivity contribution in [2.24, 2.45) is 0 Å². The summed E-state index contributed by atoms with van der Waals surface area (Å²) in [7, 11) is 0. The Morgan fingerprint density at radius 2 is 1.47 bits per heavy atom. The molecule has 0 bridgehead atoms. The molecule has 0 heterocycles.